The van der Waals surface area contributed by atoms with Gasteiger partial charge < -0.3 is 0 Å². The van der Waals surface area contributed by atoms with Crippen LogP contribution in [0, 0.1) is 6.92 Å². The number of imidazole rings is 1. The van der Waals surface area contributed by atoms with Crippen molar-refractivity contribution < 1.29 is 12.3 Å². The van der Waals surface area contributed by atoms with Crippen LogP contribution in [-0.2, 0) is 16.6 Å². The van der Waals surface area contributed by atoms with Gasteiger partial charge in [-0.3, -0.25) is 4.40 Å². The van der Waals surface area contributed by atoms with Crippen molar-refractivity contribution in [1.82, 2.24) is 9.38 Å². The largest absolute Gasteiger partial charge is 0.350 e. The van der Waals surface area contributed by atoms with Crippen LogP contribution in [0.5, 0.6) is 0 Å². The number of aryl methyl sites for hydroxylation is 2. The number of aromatic nitrogens is 2. The predicted octanol–water partition coefficient (Wildman–Crippen LogP) is 1.92. The summed E-state index contributed by atoms with van der Waals surface area (Å²) in [6.45, 7) is 3.37. The summed E-state index contributed by atoms with van der Waals surface area (Å²) in [5.41, 5.74) is 0.964. The first-order valence-electron chi connectivity index (χ1n) is 4.35. The zero-order valence-corrected chi connectivity index (χ0v) is 9.82. The van der Waals surface area contributed by atoms with Gasteiger partial charge >= 0.3 is 10.2 Å². The number of thiazole rings is 1. The predicted molar refractivity (Wildman–Crippen MR) is 55.5 cm³/mol. The lowest BCUT2D eigenvalue weighted by molar-refractivity contribution is 0.545. The van der Waals surface area contributed by atoms with Crippen molar-refractivity contribution in [2.45, 2.75) is 25.3 Å². The summed E-state index contributed by atoms with van der Waals surface area (Å²) in [6.07, 6.45) is 0.637. The van der Waals surface area contributed by atoms with Crippen LogP contribution in [-0.4, -0.2) is 17.8 Å². The Kier molecular flexibility index (Phi) is 2.31. The van der Waals surface area contributed by atoms with E-state index >= 15 is 0 Å². The Labute approximate surface area is 90.6 Å². The second-order valence-electron chi connectivity index (χ2n) is 3.14. The highest BCUT2D eigenvalue weighted by molar-refractivity contribution is 7.86. The van der Waals surface area contributed by atoms with E-state index in [1.807, 2.05) is 6.92 Å². The van der Waals surface area contributed by atoms with E-state index in [0.29, 0.717) is 11.4 Å². The fourth-order valence-electron chi connectivity index (χ4n) is 1.52. The fourth-order valence-corrected chi connectivity index (χ4v) is 3.42. The Morgan fingerprint density at radius 1 is 1.60 bits per heavy atom. The van der Waals surface area contributed by atoms with Gasteiger partial charge in [-0.2, -0.15) is 8.42 Å². The van der Waals surface area contributed by atoms with Gasteiger partial charge in [0.1, 0.15) is 0 Å². The summed E-state index contributed by atoms with van der Waals surface area (Å²) in [6, 6.07) is 0. The Morgan fingerprint density at radius 2 is 2.27 bits per heavy atom. The highest BCUT2D eigenvalue weighted by Crippen LogP contribution is 2.25. The Balaban J connectivity index is 2.92. The molecular formula is C8H9FN2O2S2. The Morgan fingerprint density at radius 3 is 2.80 bits per heavy atom. The minimum Gasteiger partial charge on any atom is -0.276 e. The number of hydrogen-bond donors (Lipinski definition) is 0. The number of halogens is 1. The molecule has 0 aromatic carbocycles. The number of fused-ring (bicyclic) bond motifs is 1. The van der Waals surface area contributed by atoms with Crippen molar-refractivity contribution >= 4 is 26.5 Å². The number of rotatable bonds is 2. The van der Waals surface area contributed by atoms with E-state index in [1.54, 1.807) is 5.38 Å². The molecule has 0 aliphatic heterocycles. The summed E-state index contributed by atoms with van der Waals surface area (Å²) >= 11 is 1.31. The molecule has 2 heterocycles. The standard InChI is InChI=1S/C8H9FN2O2S2/c1-3-6-4-14-8-10-5(2)7(11(6)8)15(9,12)13/h4H,3H2,1-2H3. The van der Waals surface area contributed by atoms with Crippen LogP contribution in [0.4, 0.5) is 3.89 Å². The summed E-state index contributed by atoms with van der Waals surface area (Å²) in [7, 11) is -4.71. The van der Waals surface area contributed by atoms with Crippen LogP contribution < -0.4 is 0 Å². The van der Waals surface area contributed by atoms with Crippen LogP contribution in [0.25, 0.3) is 4.96 Å². The number of hydrogen-bond acceptors (Lipinski definition) is 4. The third-order valence-corrected chi connectivity index (χ3v) is 3.96. The maximum Gasteiger partial charge on any atom is 0.350 e. The second kappa shape index (κ2) is 3.28. The third-order valence-electron chi connectivity index (χ3n) is 2.15. The molecule has 4 nitrogen and oxygen atoms in total. The first-order chi connectivity index (χ1) is 6.95. The molecule has 0 N–H and O–H groups in total. The van der Waals surface area contributed by atoms with Gasteiger partial charge in [-0.05, 0) is 13.3 Å². The SMILES string of the molecule is CCc1csc2nc(C)c(S(=O)(=O)F)n12. The van der Waals surface area contributed by atoms with Crippen LogP contribution in [0.2, 0.25) is 0 Å². The van der Waals surface area contributed by atoms with Crippen LogP contribution in [0.1, 0.15) is 18.3 Å². The van der Waals surface area contributed by atoms with E-state index in [4.69, 9.17) is 0 Å². The molecule has 15 heavy (non-hydrogen) atoms. The van der Waals surface area contributed by atoms with Gasteiger partial charge in [-0.15, -0.1) is 11.3 Å². The topological polar surface area (TPSA) is 51.4 Å². The summed E-state index contributed by atoms with van der Waals surface area (Å²) < 4.78 is 36.4. The lowest BCUT2D eigenvalue weighted by Crippen LogP contribution is -2.01. The molecule has 0 saturated heterocycles. The van der Waals surface area contributed by atoms with E-state index in [1.165, 1.54) is 22.7 Å². The Hall–Kier alpha value is -0.950. The van der Waals surface area contributed by atoms with Gasteiger partial charge in [0.25, 0.3) is 0 Å². The molecule has 2 aromatic heterocycles. The summed E-state index contributed by atoms with van der Waals surface area (Å²) in [5, 5.41) is 1.45. The Bertz CT molecular complexity index is 612. The quantitative estimate of drug-likeness (QED) is 0.763. The monoisotopic (exact) mass is 248 g/mol. The van der Waals surface area contributed by atoms with Gasteiger partial charge in [0.05, 0.1) is 5.69 Å². The highest BCUT2D eigenvalue weighted by Gasteiger charge is 2.24. The lowest BCUT2D eigenvalue weighted by Gasteiger charge is -1.98. The average molecular weight is 248 g/mol. The molecule has 82 valence electrons. The first kappa shape index (κ1) is 10.6. The minimum absolute atomic E-state index is 0.207. The molecule has 0 spiro atoms. The zero-order valence-electron chi connectivity index (χ0n) is 8.19. The first-order valence-corrected chi connectivity index (χ1v) is 6.61. The van der Waals surface area contributed by atoms with Crippen LogP contribution >= 0.6 is 11.3 Å². The van der Waals surface area contributed by atoms with E-state index in [-0.39, 0.29) is 10.7 Å². The van der Waals surface area contributed by atoms with Crippen molar-refractivity contribution in [3.8, 4) is 0 Å². The van der Waals surface area contributed by atoms with Gasteiger partial charge in [-0.25, -0.2) is 4.98 Å². The van der Waals surface area contributed by atoms with Crippen molar-refractivity contribution in [3.63, 3.8) is 0 Å². The van der Waals surface area contributed by atoms with Crippen molar-refractivity contribution in [2.24, 2.45) is 0 Å². The summed E-state index contributed by atoms with van der Waals surface area (Å²) in [4.78, 5) is 4.52. The molecule has 0 aliphatic carbocycles. The molecule has 0 amide bonds. The lowest BCUT2D eigenvalue weighted by atomic mass is 10.4. The average Bonchev–Trinajstić information content (AvgIpc) is 2.59. The van der Waals surface area contributed by atoms with Gasteiger partial charge in [0.15, 0.2) is 9.99 Å². The molecule has 0 saturated carbocycles. The van der Waals surface area contributed by atoms with Gasteiger partial charge in [0, 0.05) is 11.1 Å². The zero-order chi connectivity index (χ0) is 11.2. The fraction of sp³-hybridized carbons (Fsp3) is 0.375. The molecule has 0 atom stereocenters. The normalized spacial score (nSPS) is 12.5. The molecule has 0 aliphatic rings. The van der Waals surface area contributed by atoms with Crippen LogP contribution in [0.15, 0.2) is 10.4 Å². The highest BCUT2D eigenvalue weighted by atomic mass is 32.3. The third kappa shape index (κ3) is 1.55. The molecular weight excluding hydrogens is 239 g/mol. The second-order valence-corrected chi connectivity index (χ2v) is 5.24. The maximum absolute atomic E-state index is 13.1. The van der Waals surface area contributed by atoms with Gasteiger partial charge in [-0.1, -0.05) is 10.8 Å². The molecule has 0 fully saturated rings. The maximum atomic E-state index is 13.1. The summed E-state index contributed by atoms with van der Waals surface area (Å²) in [5.74, 6) is 0. The molecule has 0 unspecified atom stereocenters. The van der Waals surface area contributed by atoms with Crippen molar-refractivity contribution in [2.75, 3.05) is 0 Å². The number of nitrogens with zero attached hydrogens (tertiary/aromatic N) is 2. The van der Waals surface area contributed by atoms with Crippen molar-refractivity contribution in [3.05, 3.63) is 16.8 Å². The molecule has 2 rings (SSSR count). The van der Waals surface area contributed by atoms with Gasteiger partial charge in [0.2, 0.25) is 0 Å². The molecule has 0 radical (unpaired) electrons. The molecule has 7 heteroatoms. The smallest absolute Gasteiger partial charge is 0.276 e. The van der Waals surface area contributed by atoms with Crippen molar-refractivity contribution in [1.29, 1.82) is 0 Å². The van der Waals surface area contributed by atoms with Crippen LogP contribution in [0.3, 0.4) is 0 Å². The molecule has 2 aromatic rings. The molecule has 0 bridgehead atoms. The van der Waals surface area contributed by atoms with E-state index in [0.717, 1.165) is 5.69 Å². The van der Waals surface area contributed by atoms with E-state index in [9.17, 15) is 12.3 Å². The van der Waals surface area contributed by atoms with E-state index < -0.39 is 10.2 Å². The minimum atomic E-state index is -4.71. The van der Waals surface area contributed by atoms with E-state index in [2.05, 4.69) is 4.98 Å².